The van der Waals surface area contributed by atoms with Crippen molar-refractivity contribution >= 4 is 38.3 Å². The van der Waals surface area contributed by atoms with Gasteiger partial charge in [-0.05, 0) is 50.4 Å². The van der Waals surface area contributed by atoms with Crippen molar-refractivity contribution in [3.8, 4) is 0 Å². The molecule has 1 atom stereocenters. The number of hydrogen-bond donors (Lipinski definition) is 1. The molecule has 0 bridgehead atoms. The Labute approximate surface area is 166 Å². The van der Waals surface area contributed by atoms with E-state index < -0.39 is 11.9 Å². The molecule has 0 spiro atoms. The summed E-state index contributed by atoms with van der Waals surface area (Å²) < 4.78 is 0. The van der Waals surface area contributed by atoms with Crippen LogP contribution < -0.4 is 0 Å². The molecule has 28 heavy (non-hydrogen) atoms. The van der Waals surface area contributed by atoms with Crippen LogP contribution in [0.1, 0.15) is 63.4 Å². The summed E-state index contributed by atoms with van der Waals surface area (Å²) in [4.78, 5) is 12.2. The standard InChI is InChI=1S/C26H28O2/c1-2-3-4-5-6-7-13-22(26(27)28)23-17-20-12-8-10-18-15-16-19-11-9-14-21(23)25(19)24(18)20/h8-12,14-17,22H,2-7,13H2,1H3,(H,27,28). The fourth-order valence-electron chi connectivity index (χ4n) is 4.62. The van der Waals surface area contributed by atoms with Gasteiger partial charge in [-0.2, -0.15) is 0 Å². The number of carboxylic acid groups (broad SMARTS) is 1. The summed E-state index contributed by atoms with van der Waals surface area (Å²) in [5, 5.41) is 17.1. The molecular formula is C26H28O2. The van der Waals surface area contributed by atoms with E-state index in [1.165, 1.54) is 47.2 Å². The Morgan fingerprint density at radius 3 is 2.21 bits per heavy atom. The molecular weight excluding hydrogens is 344 g/mol. The number of hydrogen-bond acceptors (Lipinski definition) is 1. The van der Waals surface area contributed by atoms with Crippen LogP contribution in [0.25, 0.3) is 32.3 Å². The fourth-order valence-corrected chi connectivity index (χ4v) is 4.62. The van der Waals surface area contributed by atoms with E-state index in [0.29, 0.717) is 6.42 Å². The first-order valence-corrected chi connectivity index (χ1v) is 10.6. The van der Waals surface area contributed by atoms with Crippen LogP contribution in [0.4, 0.5) is 0 Å². The van der Waals surface area contributed by atoms with Crippen LogP contribution in [0.2, 0.25) is 0 Å². The second-order valence-electron chi connectivity index (χ2n) is 7.96. The zero-order chi connectivity index (χ0) is 19.5. The van der Waals surface area contributed by atoms with Gasteiger partial charge in [0.15, 0.2) is 0 Å². The molecule has 2 heteroatoms. The highest BCUT2D eigenvalue weighted by atomic mass is 16.4. The molecule has 0 amide bonds. The topological polar surface area (TPSA) is 37.3 Å². The summed E-state index contributed by atoms with van der Waals surface area (Å²) >= 11 is 0. The molecule has 0 saturated carbocycles. The molecule has 0 radical (unpaired) electrons. The second kappa shape index (κ2) is 8.18. The Morgan fingerprint density at radius 2 is 1.46 bits per heavy atom. The zero-order valence-corrected chi connectivity index (χ0v) is 16.6. The highest BCUT2D eigenvalue weighted by Gasteiger charge is 2.23. The largest absolute Gasteiger partial charge is 0.481 e. The second-order valence-corrected chi connectivity index (χ2v) is 7.96. The lowest BCUT2D eigenvalue weighted by molar-refractivity contribution is -0.139. The van der Waals surface area contributed by atoms with Crippen molar-refractivity contribution in [1.29, 1.82) is 0 Å². The number of carboxylic acids is 1. The number of benzene rings is 4. The van der Waals surface area contributed by atoms with E-state index in [9.17, 15) is 9.90 Å². The normalized spacial score (nSPS) is 12.9. The molecule has 4 rings (SSSR count). The van der Waals surface area contributed by atoms with E-state index in [0.717, 1.165) is 29.2 Å². The van der Waals surface area contributed by atoms with Gasteiger partial charge in [0.25, 0.3) is 0 Å². The van der Waals surface area contributed by atoms with Crippen LogP contribution in [0.3, 0.4) is 0 Å². The SMILES string of the molecule is CCCCCCCCC(C(=O)O)c1cc2cccc3ccc4cccc1c4c32. The maximum atomic E-state index is 12.2. The van der Waals surface area contributed by atoms with Crippen LogP contribution in [0, 0.1) is 0 Å². The lowest BCUT2D eigenvalue weighted by Gasteiger charge is -2.19. The number of aliphatic carboxylic acids is 1. The van der Waals surface area contributed by atoms with Gasteiger partial charge in [0, 0.05) is 0 Å². The summed E-state index contributed by atoms with van der Waals surface area (Å²) in [5.74, 6) is -1.15. The number of rotatable bonds is 9. The molecule has 1 N–H and O–H groups in total. The van der Waals surface area contributed by atoms with Gasteiger partial charge in [0.05, 0.1) is 5.92 Å². The molecule has 2 nitrogen and oxygen atoms in total. The number of unbranched alkanes of at least 4 members (excludes halogenated alkanes) is 5. The van der Waals surface area contributed by atoms with Gasteiger partial charge in [-0.25, -0.2) is 0 Å². The predicted octanol–water partition coefficient (Wildman–Crippen LogP) is 7.50. The van der Waals surface area contributed by atoms with E-state index in [4.69, 9.17) is 0 Å². The molecule has 144 valence electrons. The van der Waals surface area contributed by atoms with Crippen molar-refractivity contribution in [3.05, 3.63) is 60.2 Å². The third kappa shape index (κ3) is 3.44. The van der Waals surface area contributed by atoms with Crippen LogP contribution in [0.15, 0.2) is 54.6 Å². The van der Waals surface area contributed by atoms with Crippen molar-refractivity contribution in [2.75, 3.05) is 0 Å². The van der Waals surface area contributed by atoms with Gasteiger partial charge in [-0.15, -0.1) is 0 Å². The van der Waals surface area contributed by atoms with Crippen LogP contribution in [-0.2, 0) is 4.79 Å². The van der Waals surface area contributed by atoms with Gasteiger partial charge in [0.2, 0.25) is 0 Å². The monoisotopic (exact) mass is 372 g/mol. The van der Waals surface area contributed by atoms with E-state index in [1.54, 1.807) is 0 Å². The molecule has 4 aromatic rings. The first-order chi connectivity index (χ1) is 13.7. The van der Waals surface area contributed by atoms with Crippen LogP contribution >= 0.6 is 0 Å². The first kappa shape index (κ1) is 18.7. The Balaban J connectivity index is 1.74. The Morgan fingerprint density at radius 1 is 0.821 bits per heavy atom. The van der Waals surface area contributed by atoms with Crippen molar-refractivity contribution in [2.24, 2.45) is 0 Å². The van der Waals surface area contributed by atoms with Gasteiger partial charge in [0.1, 0.15) is 0 Å². The van der Waals surface area contributed by atoms with Crippen molar-refractivity contribution in [1.82, 2.24) is 0 Å². The van der Waals surface area contributed by atoms with E-state index in [1.807, 2.05) is 0 Å². The van der Waals surface area contributed by atoms with E-state index in [2.05, 4.69) is 61.5 Å². The average Bonchev–Trinajstić information content (AvgIpc) is 2.71. The molecule has 0 fully saturated rings. The van der Waals surface area contributed by atoms with Crippen molar-refractivity contribution in [2.45, 2.75) is 57.8 Å². The molecule has 0 aliphatic rings. The minimum atomic E-state index is -0.705. The number of carbonyl (C=O) groups is 1. The zero-order valence-electron chi connectivity index (χ0n) is 16.6. The lowest BCUT2D eigenvalue weighted by Crippen LogP contribution is -2.12. The third-order valence-electron chi connectivity index (χ3n) is 6.06. The van der Waals surface area contributed by atoms with E-state index in [-0.39, 0.29) is 0 Å². The van der Waals surface area contributed by atoms with E-state index >= 15 is 0 Å². The average molecular weight is 373 g/mol. The minimum Gasteiger partial charge on any atom is -0.481 e. The quantitative estimate of drug-likeness (QED) is 0.244. The maximum absolute atomic E-state index is 12.2. The van der Waals surface area contributed by atoms with Crippen molar-refractivity contribution in [3.63, 3.8) is 0 Å². The van der Waals surface area contributed by atoms with Crippen LogP contribution in [-0.4, -0.2) is 11.1 Å². The predicted molar refractivity (Wildman–Crippen MR) is 119 cm³/mol. The summed E-state index contributed by atoms with van der Waals surface area (Å²) in [6.45, 7) is 2.22. The molecule has 0 aliphatic heterocycles. The van der Waals surface area contributed by atoms with Crippen LogP contribution in [0.5, 0.6) is 0 Å². The van der Waals surface area contributed by atoms with Gasteiger partial charge in [-0.1, -0.05) is 94.0 Å². The lowest BCUT2D eigenvalue weighted by atomic mass is 9.84. The fraction of sp³-hybridized carbons (Fsp3) is 0.346. The van der Waals surface area contributed by atoms with Gasteiger partial charge < -0.3 is 5.11 Å². The Kier molecular flexibility index (Phi) is 5.47. The summed E-state index contributed by atoms with van der Waals surface area (Å²) in [7, 11) is 0. The Bertz CT molecular complexity index is 1100. The van der Waals surface area contributed by atoms with Crippen molar-refractivity contribution < 1.29 is 9.90 Å². The molecule has 0 saturated heterocycles. The molecule has 0 aromatic heterocycles. The molecule has 0 aliphatic carbocycles. The smallest absolute Gasteiger partial charge is 0.310 e. The minimum absolute atomic E-state index is 0.444. The maximum Gasteiger partial charge on any atom is 0.310 e. The highest BCUT2D eigenvalue weighted by Crippen LogP contribution is 2.39. The highest BCUT2D eigenvalue weighted by molar-refractivity contribution is 6.24. The summed E-state index contributed by atoms with van der Waals surface area (Å²) in [6.07, 6.45) is 7.77. The summed E-state index contributed by atoms with van der Waals surface area (Å²) in [6, 6.07) is 19.0. The summed E-state index contributed by atoms with van der Waals surface area (Å²) in [5.41, 5.74) is 0.970. The first-order valence-electron chi connectivity index (χ1n) is 10.6. The molecule has 1 unspecified atom stereocenters. The van der Waals surface area contributed by atoms with Gasteiger partial charge >= 0.3 is 5.97 Å². The third-order valence-corrected chi connectivity index (χ3v) is 6.06. The van der Waals surface area contributed by atoms with Gasteiger partial charge in [-0.3, -0.25) is 4.79 Å². The Hall–Kier alpha value is -2.61. The molecule has 0 heterocycles. The molecule has 4 aromatic carbocycles.